The first kappa shape index (κ1) is 25.4. The molecule has 11 nitrogen and oxygen atoms in total. The number of nitrogens with one attached hydrogen (secondary N) is 2. The molecule has 3 aromatic rings. The Kier molecular flexibility index (Phi) is 6.85. The number of aldehydes is 1. The molecule has 1 aromatic carbocycles. The van der Waals surface area contributed by atoms with E-state index in [0.29, 0.717) is 34.5 Å². The third kappa shape index (κ3) is 4.72. The van der Waals surface area contributed by atoms with E-state index in [1.54, 1.807) is 21.8 Å². The summed E-state index contributed by atoms with van der Waals surface area (Å²) in [5.41, 5.74) is 2.59. The third-order valence-corrected chi connectivity index (χ3v) is 7.07. The van der Waals surface area contributed by atoms with Crippen LogP contribution in [0.4, 0.5) is 17.3 Å². The Hall–Kier alpha value is -4.25. The molecule has 2 N–H and O–H groups in total. The second kappa shape index (κ2) is 10.3. The van der Waals surface area contributed by atoms with Gasteiger partial charge in [-0.15, -0.1) is 6.58 Å². The summed E-state index contributed by atoms with van der Waals surface area (Å²) in [5, 5.41) is 13.3. The summed E-state index contributed by atoms with van der Waals surface area (Å²) in [5.74, 6) is 0.708. The van der Waals surface area contributed by atoms with Crippen LogP contribution >= 0.6 is 0 Å². The minimum atomic E-state index is -0.274. The van der Waals surface area contributed by atoms with Gasteiger partial charge in [0.2, 0.25) is 5.95 Å². The quantitative estimate of drug-likeness (QED) is 0.111. The Labute approximate surface area is 221 Å². The van der Waals surface area contributed by atoms with Crippen molar-refractivity contribution < 1.29 is 4.79 Å². The van der Waals surface area contributed by atoms with Crippen molar-refractivity contribution in [1.29, 1.82) is 0 Å². The van der Waals surface area contributed by atoms with Crippen LogP contribution in [0.2, 0.25) is 0 Å². The Morgan fingerprint density at radius 3 is 2.63 bits per heavy atom. The van der Waals surface area contributed by atoms with E-state index in [2.05, 4.69) is 49.3 Å². The number of rotatable bonds is 9. The molecule has 0 aliphatic carbocycles. The van der Waals surface area contributed by atoms with Crippen LogP contribution in [0.15, 0.2) is 65.2 Å². The lowest BCUT2D eigenvalue weighted by molar-refractivity contribution is -0.104. The number of hydrogen-bond acceptors (Lipinski definition) is 9. The molecule has 2 aliphatic rings. The molecule has 4 heterocycles. The molecule has 38 heavy (non-hydrogen) atoms. The molecule has 198 valence electrons. The summed E-state index contributed by atoms with van der Waals surface area (Å²) in [7, 11) is 1.83. The second-order valence-electron chi connectivity index (χ2n) is 10.2. The molecule has 5 rings (SSSR count). The van der Waals surface area contributed by atoms with Gasteiger partial charge in [0.1, 0.15) is 11.7 Å². The van der Waals surface area contributed by atoms with E-state index in [4.69, 9.17) is 0 Å². The standard InChI is InChI=1S/C27H33N9O2/c1-5-12-35-25(38)22-14-29-26(31-24(22)36(35)23(7-6-13-37)32-33(4)19(2)3)30-20-8-10-21(11-9-20)34-17-27(18-34)15-28-16-27/h5-11,13-14,19,28H,1,12,15-18H2,2-4H3,(H,29,30,31)/b7-6-,32-23+. The van der Waals surface area contributed by atoms with Gasteiger partial charge in [-0.05, 0) is 50.3 Å². The highest BCUT2D eigenvalue weighted by molar-refractivity contribution is 6.01. The number of benzene rings is 1. The summed E-state index contributed by atoms with van der Waals surface area (Å²) < 4.78 is 3.08. The number of fused-ring (bicyclic) bond motifs is 1. The van der Waals surface area contributed by atoms with E-state index in [-0.39, 0.29) is 18.1 Å². The molecule has 0 saturated carbocycles. The molecule has 2 aliphatic heterocycles. The van der Waals surface area contributed by atoms with Gasteiger partial charge < -0.3 is 15.5 Å². The Morgan fingerprint density at radius 1 is 1.29 bits per heavy atom. The van der Waals surface area contributed by atoms with Gasteiger partial charge in [-0.25, -0.2) is 14.3 Å². The zero-order valence-corrected chi connectivity index (χ0v) is 22.0. The number of carbonyl (C=O) groups is 1. The maximum atomic E-state index is 13.2. The fraction of sp³-hybridized carbons (Fsp3) is 0.370. The van der Waals surface area contributed by atoms with Crippen molar-refractivity contribution in [2.45, 2.75) is 26.4 Å². The molecule has 2 fully saturated rings. The van der Waals surface area contributed by atoms with E-state index in [1.165, 1.54) is 22.6 Å². The fourth-order valence-corrected chi connectivity index (χ4v) is 4.69. The SMILES string of the molecule is C=CCn1c(=O)c2cnc(Nc3ccc(N4CC5(CNC5)C4)cc3)nc2n1C(/C=C\C=O)=N/N(C)C(C)C. The second-order valence-corrected chi connectivity index (χ2v) is 10.2. The Balaban J connectivity index is 1.48. The summed E-state index contributed by atoms with van der Waals surface area (Å²) >= 11 is 0. The molecule has 2 saturated heterocycles. The average molecular weight is 516 g/mol. The summed E-state index contributed by atoms with van der Waals surface area (Å²) in [6.07, 6.45) is 6.69. The molecule has 0 radical (unpaired) electrons. The minimum absolute atomic E-state index is 0.0954. The van der Waals surface area contributed by atoms with E-state index in [9.17, 15) is 9.59 Å². The van der Waals surface area contributed by atoms with Gasteiger partial charge in [0.15, 0.2) is 11.5 Å². The van der Waals surface area contributed by atoms with Crippen molar-refractivity contribution in [3.05, 3.63) is 65.6 Å². The first-order chi connectivity index (χ1) is 18.3. The monoisotopic (exact) mass is 515 g/mol. The number of anilines is 3. The van der Waals surface area contributed by atoms with Crippen LogP contribution in [0.5, 0.6) is 0 Å². The molecule has 0 unspecified atom stereocenters. The Bertz CT molecular complexity index is 1450. The predicted molar refractivity (Wildman–Crippen MR) is 150 cm³/mol. The lowest BCUT2D eigenvalue weighted by atomic mass is 9.74. The molecule has 1 spiro atoms. The van der Waals surface area contributed by atoms with Gasteiger partial charge in [-0.2, -0.15) is 10.1 Å². The number of hydrazone groups is 1. The van der Waals surface area contributed by atoms with Crippen molar-refractivity contribution in [1.82, 2.24) is 29.7 Å². The maximum absolute atomic E-state index is 13.2. The highest BCUT2D eigenvalue weighted by atomic mass is 16.1. The molecule has 0 atom stereocenters. The number of carbonyl (C=O) groups excluding carboxylic acids is 1. The first-order valence-corrected chi connectivity index (χ1v) is 12.7. The van der Waals surface area contributed by atoms with Crippen molar-refractivity contribution >= 4 is 40.5 Å². The lowest BCUT2D eigenvalue weighted by Gasteiger charge is -2.57. The number of nitrogens with zero attached hydrogens (tertiary/aromatic N) is 7. The van der Waals surface area contributed by atoms with Crippen molar-refractivity contribution in [3.8, 4) is 0 Å². The van der Waals surface area contributed by atoms with Crippen LogP contribution in [-0.4, -0.2) is 75.7 Å². The lowest BCUT2D eigenvalue weighted by Crippen LogP contribution is -2.71. The van der Waals surface area contributed by atoms with Crippen LogP contribution in [0.1, 0.15) is 13.8 Å². The van der Waals surface area contributed by atoms with Crippen molar-refractivity contribution in [2.75, 3.05) is 43.4 Å². The predicted octanol–water partition coefficient (Wildman–Crippen LogP) is 2.19. The maximum Gasteiger partial charge on any atom is 0.278 e. The number of allylic oxidation sites excluding steroid dienone is 3. The van der Waals surface area contributed by atoms with E-state index >= 15 is 0 Å². The summed E-state index contributed by atoms with van der Waals surface area (Å²) in [6.45, 7) is 12.4. The molecule has 0 bridgehead atoms. The first-order valence-electron chi connectivity index (χ1n) is 12.7. The van der Waals surface area contributed by atoms with Gasteiger partial charge >= 0.3 is 0 Å². The molecule has 2 aromatic heterocycles. The van der Waals surface area contributed by atoms with Crippen LogP contribution in [-0.2, 0) is 11.3 Å². The van der Waals surface area contributed by atoms with Crippen molar-refractivity contribution in [3.63, 3.8) is 0 Å². The smallest absolute Gasteiger partial charge is 0.278 e. The largest absolute Gasteiger partial charge is 0.370 e. The zero-order chi connectivity index (χ0) is 26.9. The topological polar surface area (TPSA) is 113 Å². The summed E-state index contributed by atoms with van der Waals surface area (Å²) in [4.78, 5) is 35.8. The third-order valence-electron chi connectivity index (χ3n) is 7.07. The van der Waals surface area contributed by atoms with Gasteiger partial charge in [0, 0.05) is 62.3 Å². The highest BCUT2D eigenvalue weighted by Crippen LogP contribution is 2.37. The van der Waals surface area contributed by atoms with E-state index in [1.807, 2.05) is 33.0 Å². The van der Waals surface area contributed by atoms with Crippen LogP contribution in [0.25, 0.3) is 11.0 Å². The molecule has 11 heteroatoms. The summed E-state index contributed by atoms with van der Waals surface area (Å²) in [6, 6.07) is 8.28. The van der Waals surface area contributed by atoms with Crippen molar-refractivity contribution in [2.24, 2.45) is 10.5 Å². The van der Waals surface area contributed by atoms with Gasteiger partial charge in [0.05, 0.1) is 6.54 Å². The number of aromatic nitrogens is 4. The van der Waals surface area contributed by atoms with Crippen LogP contribution < -0.4 is 21.1 Å². The van der Waals surface area contributed by atoms with Gasteiger partial charge in [-0.1, -0.05) is 6.08 Å². The highest BCUT2D eigenvalue weighted by Gasteiger charge is 2.47. The number of hydrogen-bond donors (Lipinski definition) is 2. The normalized spacial score (nSPS) is 16.6. The molecular weight excluding hydrogens is 482 g/mol. The van der Waals surface area contributed by atoms with Crippen LogP contribution in [0.3, 0.4) is 0 Å². The zero-order valence-electron chi connectivity index (χ0n) is 22.0. The van der Waals surface area contributed by atoms with E-state index in [0.717, 1.165) is 31.9 Å². The Morgan fingerprint density at radius 2 is 2.03 bits per heavy atom. The van der Waals surface area contributed by atoms with Gasteiger partial charge in [0.25, 0.3) is 5.56 Å². The average Bonchev–Trinajstić information content (AvgIpc) is 3.12. The van der Waals surface area contributed by atoms with E-state index < -0.39 is 0 Å². The molecular formula is C27H33N9O2. The fourth-order valence-electron chi connectivity index (χ4n) is 4.69. The minimum Gasteiger partial charge on any atom is -0.370 e. The van der Waals surface area contributed by atoms with Gasteiger partial charge in [-0.3, -0.25) is 14.6 Å². The van der Waals surface area contributed by atoms with Crippen LogP contribution in [0, 0.1) is 5.41 Å². The molecule has 0 amide bonds.